The largest absolute Gasteiger partial charge is 0.405 e. The summed E-state index contributed by atoms with van der Waals surface area (Å²) in [4.78, 5) is 38.9. The van der Waals surface area contributed by atoms with E-state index >= 15 is 0 Å². The summed E-state index contributed by atoms with van der Waals surface area (Å²) in [6, 6.07) is 6.96. The second-order valence-electron chi connectivity index (χ2n) is 4.51. The molecule has 0 bridgehead atoms. The van der Waals surface area contributed by atoms with E-state index in [0.29, 0.717) is 11.1 Å². The monoisotopic (exact) mass is 288 g/mol. The summed E-state index contributed by atoms with van der Waals surface area (Å²) in [6.45, 7) is 0. The van der Waals surface area contributed by atoms with Crippen molar-refractivity contribution in [2.24, 2.45) is 0 Å². The molecule has 0 atom stereocenters. The lowest BCUT2D eigenvalue weighted by molar-refractivity contribution is 0.544. The van der Waals surface area contributed by atoms with Crippen molar-refractivity contribution < 1.29 is 8.81 Å². The van der Waals surface area contributed by atoms with E-state index < -0.39 is 22.7 Å². The van der Waals surface area contributed by atoms with E-state index in [1.54, 1.807) is 6.07 Å². The van der Waals surface area contributed by atoms with E-state index in [9.17, 15) is 18.8 Å². The minimum Gasteiger partial charge on any atom is -0.405 e. The van der Waals surface area contributed by atoms with Crippen LogP contribution in [0.2, 0.25) is 0 Å². The Morgan fingerprint density at radius 1 is 1.10 bits per heavy atom. The van der Waals surface area contributed by atoms with Crippen LogP contribution in [0.5, 0.6) is 0 Å². The van der Waals surface area contributed by atoms with Crippen molar-refractivity contribution in [2.75, 3.05) is 0 Å². The third-order valence-corrected chi connectivity index (χ3v) is 3.01. The average Bonchev–Trinajstić information content (AvgIpc) is 2.36. The van der Waals surface area contributed by atoms with E-state index in [1.807, 2.05) is 0 Å². The molecule has 1 aromatic carbocycles. The maximum Gasteiger partial charge on any atom is 0.337 e. The number of halogens is 1. The van der Waals surface area contributed by atoms with Crippen molar-refractivity contribution in [3.05, 3.63) is 78.5 Å². The third-order valence-electron chi connectivity index (χ3n) is 3.01. The van der Waals surface area contributed by atoms with Gasteiger partial charge in [0, 0.05) is 6.07 Å². The van der Waals surface area contributed by atoms with Crippen LogP contribution in [0.1, 0.15) is 11.1 Å². The van der Waals surface area contributed by atoms with E-state index in [-0.39, 0.29) is 17.5 Å². The standard InChI is InChI=1S/C14H9FN2O4/c15-9-3-1-2-7(5-9)4-8-6-10(18)21-13-11(8)12(19)16-14(20)17-13/h1-3,5-6H,4H2,(H2,16,17,19,20). The number of rotatable bonds is 2. The van der Waals surface area contributed by atoms with Gasteiger partial charge in [0.15, 0.2) is 0 Å². The number of nitrogens with one attached hydrogen (secondary N) is 2. The Kier molecular flexibility index (Phi) is 3.02. The Bertz CT molecular complexity index is 995. The summed E-state index contributed by atoms with van der Waals surface area (Å²) in [5.41, 5.74) is -1.38. The maximum absolute atomic E-state index is 13.2. The quantitative estimate of drug-likeness (QED) is 0.732. The van der Waals surface area contributed by atoms with Gasteiger partial charge < -0.3 is 4.42 Å². The van der Waals surface area contributed by atoms with Crippen LogP contribution in [0.15, 0.2) is 49.1 Å². The van der Waals surface area contributed by atoms with Crippen LogP contribution in [0, 0.1) is 5.82 Å². The Morgan fingerprint density at radius 2 is 1.90 bits per heavy atom. The number of aromatic amines is 2. The molecule has 0 radical (unpaired) electrons. The Labute approximate surface area is 115 Å². The molecule has 0 aliphatic rings. The first kappa shape index (κ1) is 13.0. The third kappa shape index (κ3) is 2.53. The molecule has 0 unspecified atom stereocenters. The van der Waals surface area contributed by atoms with Gasteiger partial charge in [-0.1, -0.05) is 12.1 Å². The van der Waals surface area contributed by atoms with Crippen LogP contribution in [0.25, 0.3) is 11.1 Å². The van der Waals surface area contributed by atoms with Crippen molar-refractivity contribution in [1.82, 2.24) is 9.97 Å². The molecule has 0 aliphatic heterocycles. The summed E-state index contributed by atoms with van der Waals surface area (Å²) in [5, 5.41) is 0.0680. The zero-order chi connectivity index (χ0) is 15.0. The lowest BCUT2D eigenvalue weighted by Gasteiger charge is -2.04. The molecule has 6 nitrogen and oxygen atoms in total. The van der Waals surface area contributed by atoms with E-state index in [1.165, 1.54) is 18.2 Å². The highest BCUT2D eigenvalue weighted by atomic mass is 19.1. The van der Waals surface area contributed by atoms with Crippen LogP contribution in [-0.4, -0.2) is 9.97 Å². The SMILES string of the molecule is O=c1[nH]c(=O)c2c(Cc3cccc(F)c3)cc(=O)oc2[nH]1. The summed E-state index contributed by atoms with van der Waals surface area (Å²) in [5.74, 6) is -0.415. The first-order valence-corrected chi connectivity index (χ1v) is 6.07. The highest BCUT2D eigenvalue weighted by molar-refractivity contribution is 5.75. The van der Waals surface area contributed by atoms with Gasteiger partial charge in [-0.05, 0) is 29.7 Å². The zero-order valence-corrected chi connectivity index (χ0v) is 10.6. The first-order chi connectivity index (χ1) is 10.0. The van der Waals surface area contributed by atoms with Crippen LogP contribution in [-0.2, 0) is 6.42 Å². The van der Waals surface area contributed by atoms with Crippen molar-refractivity contribution in [3.8, 4) is 0 Å². The molecule has 2 aromatic heterocycles. The molecule has 3 aromatic rings. The number of benzene rings is 1. The molecule has 0 aliphatic carbocycles. The molecular formula is C14H9FN2O4. The van der Waals surface area contributed by atoms with Gasteiger partial charge >= 0.3 is 11.3 Å². The number of H-pyrrole nitrogens is 2. The lowest BCUT2D eigenvalue weighted by atomic mass is 10.0. The molecule has 0 saturated carbocycles. The predicted molar refractivity (Wildman–Crippen MR) is 72.9 cm³/mol. The topological polar surface area (TPSA) is 95.9 Å². The minimum atomic E-state index is -0.765. The van der Waals surface area contributed by atoms with Gasteiger partial charge in [-0.15, -0.1) is 0 Å². The molecule has 106 valence electrons. The second kappa shape index (κ2) is 4.86. The molecule has 0 spiro atoms. The molecule has 21 heavy (non-hydrogen) atoms. The highest BCUT2D eigenvalue weighted by Crippen LogP contribution is 2.15. The van der Waals surface area contributed by atoms with E-state index in [4.69, 9.17) is 4.42 Å². The normalized spacial score (nSPS) is 10.9. The Morgan fingerprint density at radius 3 is 2.67 bits per heavy atom. The fourth-order valence-corrected chi connectivity index (χ4v) is 2.18. The van der Waals surface area contributed by atoms with Crippen LogP contribution < -0.4 is 16.9 Å². The number of aromatic nitrogens is 2. The zero-order valence-electron chi connectivity index (χ0n) is 10.6. The van der Waals surface area contributed by atoms with Crippen LogP contribution >= 0.6 is 0 Å². The molecule has 7 heteroatoms. The van der Waals surface area contributed by atoms with E-state index in [0.717, 1.165) is 6.07 Å². The molecule has 2 heterocycles. The molecule has 3 rings (SSSR count). The van der Waals surface area contributed by atoms with Crippen molar-refractivity contribution in [1.29, 1.82) is 0 Å². The van der Waals surface area contributed by atoms with Gasteiger partial charge in [0.05, 0.1) is 0 Å². The Balaban J connectivity index is 2.25. The summed E-state index contributed by atoms with van der Waals surface area (Å²) in [6.07, 6.45) is 0.162. The second-order valence-corrected chi connectivity index (χ2v) is 4.51. The minimum absolute atomic E-state index is 0.0680. The molecular weight excluding hydrogens is 279 g/mol. The highest BCUT2D eigenvalue weighted by Gasteiger charge is 2.11. The van der Waals surface area contributed by atoms with Gasteiger partial charge in [-0.2, -0.15) is 0 Å². The van der Waals surface area contributed by atoms with Gasteiger partial charge in [0.2, 0.25) is 5.71 Å². The molecule has 2 N–H and O–H groups in total. The van der Waals surface area contributed by atoms with Gasteiger partial charge in [-0.25, -0.2) is 14.0 Å². The molecule has 0 fully saturated rings. The summed E-state index contributed by atoms with van der Waals surface area (Å²) >= 11 is 0. The fourth-order valence-electron chi connectivity index (χ4n) is 2.18. The Hall–Kier alpha value is -2.96. The average molecular weight is 288 g/mol. The number of fused-ring (bicyclic) bond motifs is 1. The smallest absolute Gasteiger partial charge is 0.337 e. The maximum atomic E-state index is 13.2. The summed E-state index contributed by atoms with van der Waals surface area (Å²) < 4.78 is 18.0. The van der Waals surface area contributed by atoms with Crippen molar-refractivity contribution >= 4 is 11.1 Å². The van der Waals surface area contributed by atoms with Crippen LogP contribution in [0.4, 0.5) is 4.39 Å². The molecule has 0 amide bonds. The fraction of sp³-hybridized carbons (Fsp3) is 0.0714. The van der Waals surface area contributed by atoms with Crippen molar-refractivity contribution in [3.63, 3.8) is 0 Å². The summed E-state index contributed by atoms with van der Waals surface area (Å²) in [7, 11) is 0. The first-order valence-electron chi connectivity index (χ1n) is 6.07. The van der Waals surface area contributed by atoms with Gasteiger partial charge in [0.1, 0.15) is 11.2 Å². The van der Waals surface area contributed by atoms with E-state index in [2.05, 4.69) is 9.97 Å². The molecule has 0 saturated heterocycles. The van der Waals surface area contributed by atoms with Crippen LogP contribution in [0.3, 0.4) is 0 Å². The predicted octanol–water partition coefficient (Wildman–Crippen LogP) is 0.900. The number of hydrogen-bond acceptors (Lipinski definition) is 4. The van der Waals surface area contributed by atoms with Gasteiger partial charge in [0.25, 0.3) is 5.56 Å². The van der Waals surface area contributed by atoms with Crippen molar-refractivity contribution in [2.45, 2.75) is 6.42 Å². The van der Waals surface area contributed by atoms with Gasteiger partial charge in [-0.3, -0.25) is 14.8 Å². The lowest BCUT2D eigenvalue weighted by Crippen LogP contribution is -2.24. The number of hydrogen-bond donors (Lipinski definition) is 2.